The molecule has 0 aromatic heterocycles. The van der Waals surface area contributed by atoms with Crippen molar-refractivity contribution < 1.29 is 43.9 Å². The minimum Gasteiger partial charge on any atom is -0.652 e. The first-order valence-electron chi connectivity index (χ1n) is 5.59. The minimum atomic E-state index is -0.553. The SMILES string of the molecule is CC(C)(C)OC(=O)N[C@H]1CCCC[N-]C1=O.[Na+]. The van der Waals surface area contributed by atoms with E-state index in [0.717, 1.165) is 12.8 Å². The molecule has 17 heavy (non-hydrogen) atoms. The zero-order chi connectivity index (χ0) is 12.2. The number of carbonyl (C=O) groups excluding carboxylic acids is 2. The molecule has 92 valence electrons. The maximum atomic E-state index is 11.5. The van der Waals surface area contributed by atoms with Crippen LogP contribution in [0.2, 0.25) is 0 Å². The van der Waals surface area contributed by atoms with Gasteiger partial charge in [-0.1, -0.05) is 12.8 Å². The summed E-state index contributed by atoms with van der Waals surface area (Å²) < 4.78 is 5.09. The summed E-state index contributed by atoms with van der Waals surface area (Å²) in [6.45, 7) is 5.91. The van der Waals surface area contributed by atoms with Crippen LogP contribution in [-0.2, 0) is 9.53 Å². The first-order valence-corrected chi connectivity index (χ1v) is 5.59. The van der Waals surface area contributed by atoms with Crippen LogP contribution in [-0.4, -0.2) is 30.2 Å². The molecule has 0 spiro atoms. The number of alkyl carbamates (subject to hydrolysis) is 1. The smallest absolute Gasteiger partial charge is 0.652 e. The number of hydrogen-bond donors (Lipinski definition) is 1. The molecule has 1 saturated heterocycles. The number of amides is 2. The topological polar surface area (TPSA) is 69.5 Å². The Kier molecular flexibility index (Phi) is 7.13. The molecule has 1 atom stereocenters. The van der Waals surface area contributed by atoms with Crippen LogP contribution in [0.1, 0.15) is 40.0 Å². The van der Waals surface area contributed by atoms with Crippen LogP contribution in [0.4, 0.5) is 4.79 Å². The van der Waals surface area contributed by atoms with Gasteiger partial charge in [-0.05, 0) is 27.2 Å². The second kappa shape index (κ2) is 7.24. The molecule has 0 saturated carbocycles. The molecule has 0 aromatic rings. The Morgan fingerprint density at radius 3 is 2.65 bits per heavy atom. The van der Waals surface area contributed by atoms with E-state index in [1.807, 2.05) is 0 Å². The third kappa shape index (κ3) is 6.91. The number of nitrogens with zero attached hydrogens (tertiary/aromatic N) is 1. The first kappa shape index (κ1) is 16.7. The molecule has 1 rings (SSSR count). The van der Waals surface area contributed by atoms with Crippen molar-refractivity contribution in [2.75, 3.05) is 6.54 Å². The maximum Gasteiger partial charge on any atom is 1.00 e. The van der Waals surface area contributed by atoms with Gasteiger partial charge >= 0.3 is 35.7 Å². The normalized spacial score (nSPS) is 20.6. The van der Waals surface area contributed by atoms with E-state index >= 15 is 0 Å². The average Bonchev–Trinajstić information content (AvgIpc) is 2.29. The summed E-state index contributed by atoms with van der Waals surface area (Å²) in [4.78, 5) is 22.9. The molecule has 0 unspecified atom stereocenters. The van der Waals surface area contributed by atoms with Crippen LogP contribution >= 0.6 is 0 Å². The van der Waals surface area contributed by atoms with Gasteiger partial charge in [0.25, 0.3) is 0 Å². The average molecular weight is 250 g/mol. The van der Waals surface area contributed by atoms with E-state index in [1.54, 1.807) is 20.8 Å². The minimum absolute atomic E-state index is 0. The second-order valence-electron chi connectivity index (χ2n) is 4.91. The first-order chi connectivity index (χ1) is 7.38. The molecule has 5 nitrogen and oxygen atoms in total. The summed E-state index contributed by atoms with van der Waals surface area (Å²) in [5, 5.41) is 6.41. The van der Waals surface area contributed by atoms with E-state index in [4.69, 9.17) is 4.74 Å². The Hall–Kier alpha value is -0.260. The van der Waals surface area contributed by atoms with E-state index < -0.39 is 17.7 Å². The summed E-state index contributed by atoms with van der Waals surface area (Å²) in [6.07, 6.45) is 1.89. The molecule has 1 fully saturated rings. The molecule has 2 amide bonds. The molecule has 1 aliphatic heterocycles. The fraction of sp³-hybridized carbons (Fsp3) is 0.818. The fourth-order valence-corrected chi connectivity index (χ4v) is 1.47. The van der Waals surface area contributed by atoms with Gasteiger partial charge in [-0.3, -0.25) is 0 Å². The van der Waals surface area contributed by atoms with Crippen molar-refractivity contribution in [2.24, 2.45) is 0 Å². The molecule has 1 aliphatic rings. The summed E-state index contributed by atoms with van der Waals surface area (Å²) in [6, 6.07) is -0.516. The molecule has 0 aliphatic carbocycles. The van der Waals surface area contributed by atoms with Crippen LogP contribution in [0.5, 0.6) is 0 Å². The number of nitrogens with one attached hydrogen (secondary N) is 1. The zero-order valence-electron chi connectivity index (χ0n) is 11.1. The fourth-order valence-electron chi connectivity index (χ4n) is 1.47. The standard InChI is InChI=1S/C11H20N2O3.Na/c1-11(2,3)16-10(15)13-8-6-4-5-7-12-9(8)14;/h8H,4-7H2,1-3H3,(H2,12,13,14,15);/q;+1/p-1/t8-;/m0./s1. The summed E-state index contributed by atoms with van der Waals surface area (Å²) in [7, 11) is 0. The van der Waals surface area contributed by atoms with E-state index in [1.165, 1.54) is 0 Å². The van der Waals surface area contributed by atoms with Crippen LogP contribution in [0.15, 0.2) is 0 Å². The molecule has 0 bridgehead atoms. The third-order valence-corrected chi connectivity index (χ3v) is 2.16. The van der Waals surface area contributed by atoms with Gasteiger partial charge in [0.2, 0.25) is 0 Å². The number of ether oxygens (including phenoxy) is 1. The Morgan fingerprint density at radius 1 is 1.41 bits per heavy atom. The zero-order valence-corrected chi connectivity index (χ0v) is 13.1. The third-order valence-electron chi connectivity index (χ3n) is 2.16. The van der Waals surface area contributed by atoms with Gasteiger partial charge in [-0.25, -0.2) is 4.79 Å². The molecule has 0 radical (unpaired) electrons. The monoisotopic (exact) mass is 250 g/mol. The number of rotatable bonds is 1. The van der Waals surface area contributed by atoms with Gasteiger partial charge in [0.05, 0.1) is 11.9 Å². The summed E-state index contributed by atoms with van der Waals surface area (Å²) >= 11 is 0. The van der Waals surface area contributed by atoms with Crippen LogP contribution in [0.25, 0.3) is 5.32 Å². The largest absolute Gasteiger partial charge is 1.00 e. The van der Waals surface area contributed by atoms with Crippen molar-refractivity contribution in [3.8, 4) is 0 Å². The van der Waals surface area contributed by atoms with Gasteiger partial charge in [-0.2, -0.15) is 0 Å². The Labute approximate surface area is 124 Å². The van der Waals surface area contributed by atoms with E-state index in [-0.39, 0.29) is 35.5 Å². The quantitative estimate of drug-likeness (QED) is 0.605. The van der Waals surface area contributed by atoms with Gasteiger partial charge < -0.3 is 20.2 Å². The van der Waals surface area contributed by atoms with Crippen molar-refractivity contribution in [1.29, 1.82) is 0 Å². The van der Waals surface area contributed by atoms with Crippen LogP contribution in [0.3, 0.4) is 0 Å². The van der Waals surface area contributed by atoms with E-state index in [0.29, 0.717) is 13.0 Å². The molecule has 0 aromatic carbocycles. The summed E-state index contributed by atoms with van der Waals surface area (Å²) in [5.74, 6) is -0.247. The van der Waals surface area contributed by atoms with Crippen molar-refractivity contribution in [3.63, 3.8) is 0 Å². The Bertz CT molecular complexity index is 276. The van der Waals surface area contributed by atoms with Crippen molar-refractivity contribution in [3.05, 3.63) is 5.32 Å². The van der Waals surface area contributed by atoms with Gasteiger partial charge in [0.1, 0.15) is 5.60 Å². The van der Waals surface area contributed by atoms with Crippen LogP contribution in [0, 0.1) is 0 Å². The van der Waals surface area contributed by atoms with Crippen molar-refractivity contribution in [2.45, 2.75) is 51.7 Å². The van der Waals surface area contributed by atoms with Crippen LogP contribution < -0.4 is 34.9 Å². The number of carbonyl (C=O) groups is 2. The molecule has 6 heteroatoms. The van der Waals surface area contributed by atoms with E-state index in [2.05, 4.69) is 10.6 Å². The van der Waals surface area contributed by atoms with E-state index in [9.17, 15) is 9.59 Å². The second-order valence-corrected chi connectivity index (χ2v) is 4.91. The molecular weight excluding hydrogens is 231 g/mol. The maximum absolute atomic E-state index is 11.5. The van der Waals surface area contributed by atoms with Crippen molar-refractivity contribution >= 4 is 12.0 Å². The van der Waals surface area contributed by atoms with Gasteiger partial charge in [0, 0.05) is 0 Å². The van der Waals surface area contributed by atoms with Crippen molar-refractivity contribution in [1.82, 2.24) is 5.32 Å². The molecule has 1 N–H and O–H groups in total. The number of hydrogen-bond acceptors (Lipinski definition) is 3. The summed E-state index contributed by atoms with van der Waals surface area (Å²) in [5.41, 5.74) is -0.547. The molecular formula is C11H19N2NaO3. The van der Waals surface area contributed by atoms with Gasteiger partial charge in [-0.15, -0.1) is 6.54 Å². The Balaban J connectivity index is 0.00000256. The Morgan fingerprint density at radius 2 is 2.06 bits per heavy atom. The van der Waals surface area contributed by atoms with Gasteiger partial charge in [0.15, 0.2) is 0 Å². The predicted molar refractivity (Wildman–Crippen MR) is 60.2 cm³/mol. The molecule has 1 heterocycles. The predicted octanol–water partition coefficient (Wildman–Crippen LogP) is -1.03.